The van der Waals surface area contributed by atoms with E-state index in [-0.39, 0.29) is 18.9 Å². The SMILES string of the molecule is O=C1CC(S(=O)(=O)F)CN1Cc1ccc(CN2CCCC2)cc1. The number of nitrogens with zero attached hydrogens (tertiary/aromatic N) is 2. The first kappa shape index (κ1) is 16.4. The maximum absolute atomic E-state index is 13.0. The Morgan fingerprint density at radius 1 is 1.04 bits per heavy atom. The molecule has 2 aliphatic rings. The smallest absolute Gasteiger partial charge is 0.307 e. The van der Waals surface area contributed by atoms with Gasteiger partial charge in [0.1, 0.15) is 5.25 Å². The molecule has 7 heteroatoms. The highest BCUT2D eigenvalue weighted by atomic mass is 32.3. The minimum absolute atomic E-state index is 0.0623. The number of benzene rings is 1. The molecular formula is C16H21FN2O3S. The van der Waals surface area contributed by atoms with Gasteiger partial charge in [-0.05, 0) is 37.1 Å². The number of carbonyl (C=O) groups excluding carboxylic acids is 1. The van der Waals surface area contributed by atoms with Gasteiger partial charge in [0.2, 0.25) is 5.91 Å². The van der Waals surface area contributed by atoms with Crippen LogP contribution in [0.5, 0.6) is 0 Å². The predicted octanol–water partition coefficient (Wildman–Crippen LogP) is 1.68. The molecule has 0 radical (unpaired) electrons. The second kappa shape index (κ2) is 6.57. The Kier molecular flexibility index (Phi) is 4.68. The zero-order valence-corrected chi connectivity index (χ0v) is 13.8. The molecule has 126 valence electrons. The van der Waals surface area contributed by atoms with Crippen LogP contribution >= 0.6 is 0 Å². The van der Waals surface area contributed by atoms with Gasteiger partial charge in [-0.25, -0.2) is 0 Å². The first-order valence-corrected chi connectivity index (χ1v) is 9.38. The van der Waals surface area contributed by atoms with Crippen LogP contribution in [0.3, 0.4) is 0 Å². The summed E-state index contributed by atoms with van der Waals surface area (Å²) in [6.07, 6.45) is 2.26. The van der Waals surface area contributed by atoms with E-state index in [1.54, 1.807) is 0 Å². The largest absolute Gasteiger partial charge is 0.337 e. The van der Waals surface area contributed by atoms with Gasteiger partial charge in [-0.3, -0.25) is 9.69 Å². The van der Waals surface area contributed by atoms with E-state index in [9.17, 15) is 17.1 Å². The Bertz CT molecular complexity index is 669. The highest BCUT2D eigenvalue weighted by Gasteiger charge is 2.38. The molecule has 1 unspecified atom stereocenters. The predicted molar refractivity (Wildman–Crippen MR) is 84.8 cm³/mol. The van der Waals surface area contributed by atoms with E-state index in [2.05, 4.69) is 4.90 Å². The van der Waals surface area contributed by atoms with Crippen molar-refractivity contribution in [3.05, 3.63) is 35.4 Å². The van der Waals surface area contributed by atoms with E-state index < -0.39 is 15.5 Å². The van der Waals surface area contributed by atoms with Crippen LogP contribution in [-0.2, 0) is 28.1 Å². The van der Waals surface area contributed by atoms with Gasteiger partial charge >= 0.3 is 10.2 Å². The fourth-order valence-electron chi connectivity index (χ4n) is 3.25. The molecule has 1 aromatic carbocycles. The van der Waals surface area contributed by atoms with Crippen molar-refractivity contribution >= 4 is 16.1 Å². The lowest BCUT2D eigenvalue weighted by molar-refractivity contribution is -0.128. The topological polar surface area (TPSA) is 57.7 Å². The summed E-state index contributed by atoms with van der Waals surface area (Å²) in [6, 6.07) is 7.99. The fraction of sp³-hybridized carbons (Fsp3) is 0.562. The molecule has 0 saturated carbocycles. The van der Waals surface area contributed by atoms with Gasteiger partial charge in [0.05, 0.1) is 0 Å². The number of likely N-dealkylation sites (tertiary alicyclic amines) is 2. The third-order valence-corrected chi connectivity index (χ3v) is 5.69. The average molecular weight is 340 g/mol. The maximum Gasteiger partial charge on any atom is 0.307 e. The van der Waals surface area contributed by atoms with Crippen LogP contribution in [0.1, 0.15) is 30.4 Å². The van der Waals surface area contributed by atoms with Gasteiger partial charge in [-0.2, -0.15) is 8.42 Å². The van der Waals surface area contributed by atoms with Gasteiger partial charge in [0, 0.05) is 26.1 Å². The van der Waals surface area contributed by atoms with Crippen molar-refractivity contribution in [3.63, 3.8) is 0 Å². The molecule has 0 bridgehead atoms. The summed E-state index contributed by atoms with van der Waals surface area (Å²) in [5.74, 6) is -0.308. The summed E-state index contributed by atoms with van der Waals surface area (Å²) >= 11 is 0. The maximum atomic E-state index is 13.0. The lowest BCUT2D eigenvalue weighted by Crippen LogP contribution is -2.26. The standard InChI is InChI=1S/C16H21FN2O3S/c17-23(21,22)15-9-16(20)19(12-15)11-14-5-3-13(4-6-14)10-18-7-1-2-8-18/h3-6,15H,1-2,7-12H2. The van der Waals surface area contributed by atoms with E-state index in [4.69, 9.17) is 0 Å². The summed E-state index contributed by atoms with van der Waals surface area (Å²) < 4.78 is 34.9. The van der Waals surface area contributed by atoms with Crippen LogP contribution < -0.4 is 0 Å². The number of hydrogen-bond acceptors (Lipinski definition) is 4. The zero-order chi connectivity index (χ0) is 16.4. The van der Waals surface area contributed by atoms with Crippen molar-refractivity contribution in [3.8, 4) is 0 Å². The Morgan fingerprint density at radius 2 is 1.61 bits per heavy atom. The molecule has 1 amide bonds. The van der Waals surface area contributed by atoms with E-state index >= 15 is 0 Å². The molecule has 23 heavy (non-hydrogen) atoms. The zero-order valence-electron chi connectivity index (χ0n) is 12.9. The second-order valence-corrected chi connectivity index (χ2v) is 7.99. The van der Waals surface area contributed by atoms with Crippen molar-refractivity contribution < 1.29 is 17.1 Å². The van der Waals surface area contributed by atoms with Gasteiger partial charge in [-0.15, -0.1) is 3.89 Å². The molecule has 5 nitrogen and oxygen atoms in total. The van der Waals surface area contributed by atoms with Crippen LogP contribution in [0.4, 0.5) is 3.89 Å². The number of amides is 1. The Labute approximate surface area is 136 Å². The molecule has 2 saturated heterocycles. The van der Waals surface area contributed by atoms with Crippen LogP contribution in [0.15, 0.2) is 24.3 Å². The average Bonchev–Trinajstić information content (AvgIpc) is 3.11. The van der Waals surface area contributed by atoms with Gasteiger partial charge in [0.15, 0.2) is 0 Å². The summed E-state index contributed by atoms with van der Waals surface area (Å²) in [5.41, 5.74) is 2.16. The summed E-state index contributed by atoms with van der Waals surface area (Å²) in [6.45, 7) is 3.49. The van der Waals surface area contributed by atoms with E-state index in [1.165, 1.54) is 23.3 Å². The number of rotatable bonds is 5. The molecule has 0 spiro atoms. The fourth-order valence-corrected chi connectivity index (χ4v) is 3.95. The first-order valence-electron chi connectivity index (χ1n) is 7.93. The van der Waals surface area contributed by atoms with Crippen LogP contribution in [-0.4, -0.2) is 49.0 Å². The third-order valence-electron chi connectivity index (χ3n) is 4.58. The lowest BCUT2D eigenvalue weighted by Gasteiger charge is -2.17. The number of hydrogen-bond donors (Lipinski definition) is 0. The van der Waals surface area contributed by atoms with E-state index in [0.29, 0.717) is 6.54 Å². The molecule has 1 aromatic rings. The molecule has 2 fully saturated rings. The van der Waals surface area contributed by atoms with Crippen molar-refractivity contribution in [2.24, 2.45) is 0 Å². The Hall–Kier alpha value is -1.47. The van der Waals surface area contributed by atoms with Gasteiger partial charge in [0.25, 0.3) is 0 Å². The summed E-state index contributed by atoms with van der Waals surface area (Å²) in [4.78, 5) is 15.6. The molecule has 0 aliphatic carbocycles. The number of carbonyl (C=O) groups is 1. The molecule has 0 aromatic heterocycles. The first-order chi connectivity index (χ1) is 10.9. The van der Waals surface area contributed by atoms with Crippen molar-refractivity contribution in [2.45, 2.75) is 37.6 Å². The van der Waals surface area contributed by atoms with E-state index in [0.717, 1.165) is 25.2 Å². The van der Waals surface area contributed by atoms with Crippen molar-refractivity contribution in [2.75, 3.05) is 19.6 Å². The quantitative estimate of drug-likeness (QED) is 0.766. The third kappa shape index (κ3) is 4.09. The van der Waals surface area contributed by atoms with Crippen molar-refractivity contribution in [1.29, 1.82) is 0 Å². The summed E-state index contributed by atoms with van der Waals surface area (Å²) in [5, 5.41) is -1.22. The molecule has 3 rings (SSSR count). The molecule has 2 aliphatic heterocycles. The molecular weight excluding hydrogens is 319 g/mol. The molecule has 1 atom stereocenters. The van der Waals surface area contributed by atoms with Crippen LogP contribution in [0.2, 0.25) is 0 Å². The Morgan fingerprint density at radius 3 is 2.13 bits per heavy atom. The number of halogens is 1. The molecule has 2 heterocycles. The van der Waals surface area contributed by atoms with Gasteiger partial charge in [-0.1, -0.05) is 24.3 Å². The minimum Gasteiger partial charge on any atom is -0.337 e. The lowest BCUT2D eigenvalue weighted by atomic mass is 10.1. The van der Waals surface area contributed by atoms with Crippen LogP contribution in [0, 0.1) is 0 Å². The van der Waals surface area contributed by atoms with Crippen molar-refractivity contribution in [1.82, 2.24) is 9.80 Å². The van der Waals surface area contributed by atoms with E-state index in [1.807, 2.05) is 24.3 Å². The second-order valence-electron chi connectivity index (χ2n) is 6.38. The van der Waals surface area contributed by atoms with Gasteiger partial charge < -0.3 is 4.90 Å². The highest BCUT2D eigenvalue weighted by Crippen LogP contribution is 2.22. The monoisotopic (exact) mass is 340 g/mol. The normalized spacial score (nSPS) is 22.9. The summed E-state index contributed by atoms with van der Waals surface area (Å²) in [7, 11) is -4.65. The van der Waals surface area contributed by atoms with Crippen LogP contribution in [0.25, 0.3) is 0 Å². The minimum atomic E-state index is -4.65. The Balaban J connectivity index is 1.59. The molecule has 0 N–H and O–H groups in total. The highest BCUT2D eigenvalue weighted by molar-refractivity contribution is 7.87.